The number of aryl methyl sites for hydroxylation is 1. The molecule has 0 amide bonds. The van der Waals surface area contributed by atoms with Crippen LogP contribution in [-0.2, 0) is 9.47 Å². The lowest BCUT2D eigenvalue weighted by atomic mass is 10.1. The molecule has 0 aliphatic rings. The topological polar surface area (TPSA) is 57.5 Å². The molecule has 1 heterocycles. The van der Waals surface area contributed by atoms with Gasteiger partial charge in [0.1, 0.15) is 0 Å². The molecule has 2 rings (SSSR count). The molecule has 0 N–H and O–H groups in total. The highest BCUT2D eigenvalue weighted by Crippen LogP contribution is 2.23. The average molecular weight is 398 g/mol. The number of ether oxygens (including phenoxy) is 2. The number of hydrogen-bond acceptors (Lipinski definition) is 4. The summed E-state index contributed by atoms with van der Waals surface area (Å²) >= 11 is 11.8. The standard InChI is InChI=1S/C19H21Cl2NO4/c1-11-7-15(13(3)22(11)12(2)9-25-4)18(23)10-26-19(24)16-8-14(20)5-6-17(16)21/h5-8,12H,9-10H2,1-4H3/t12-/m1/s1. The van der Waals surface area contributed by atoms with Gasteiger partial charge in [-0.15, -0.1) is 0 Å². The van der Waals surface area contributed by atoms with Crippen LogP contribution >= 0.6 is 23.2 Å². The van der Waals surface area contributed by atoms with Crippen molar-refractivity contribution in [3.05, 3.63) is 56.8 Å². The fourth-order valence-corrected chi connectivity index (χ4v) is 3.36. The van der Waals surface area contributed by atoms with E-state index in [2.05, 4.69) is 0 Å². The summed E-state index contributed by atoms with van der Waals surface area (Å²) in [6, 6.07) is 6.38. The lowest BCUT2D eigenvalue weighted by Crippen LogP contribution is -2.17. The molecule has 1 atom stereocenters. The van der Waals surface area contributed by atoms with E-state index in [1.54, 1.807) is 19.2 Å². The smallest absolute Gasteiger partial charge is 0.340 e. The molecule has 5 nitrogen and oxygen atoms in total. The van der Waals surface area contributed by atoms with Crippen LogP contribution in [0.2, 0.25) is 10.0 Å². The molecule has 0 aliphatic heterocycles. The number of benzene rings is 1. The van der Waals surface area contributed by atoms with Crippen LogP contribution in [0.1, 0.15) is 45.1 Å². The number of carbonyl (C=O) groups is 2. The Kier molecular flexibility index (Phi) is 6.87. The molecule has 7 heteroatoms. The zero-order valence-electron chi connectivity index (χ0n) is 15.1. The average Bonchev–Trinajstić information content (AvgIpc) is 2.89. The first-order valence-electron chi connectivity index (χ1n) is 8.09. The Labute approximate surface area is 162 Å². The number of methoxy groups -OCH3 is 1. The summed E-state index contributed by atoms with van der Waals surface area (Å²) in [7, 11) is 1.64. The summed E-state index contributed by atoms with van der Waals surface area (Å²) in [6.45, 7) is 5.96. The number of nitrogens with zero attached hydrogens (tertiary/aromatic N) is 1. The maximum Gasteiger partial charge on any atom is 0.340 e. The molecule has 0 radical (unpaired) electrons. The molecular weight excluding hydrogens is 377 g/mol. The van der Waals surface area contributed by atoms with Crippen LogP contribution in [0, 0.1) is 13.8 Å². The zero-order chi connectivity index (χ0) is 19.4. The Bertz CT molecular complexity index is 829. The van der Waals surface area contributed by atoms with Crippen molar-refractivity contribution in [3.63, 3.8) is 0 Å². The fraction of sp³-hybridized carbons (Fsp3) is 0.368. The molecule has 0 unspecified atom stereocenters. The van der Waals surface area contributed by atoms with Crippen molar-refractivity contribution < 1.29 is 19.1 Å². The van der Waals surface area contributed by atoms with Crippen LogP contribution in [0.4, 0.5) is 0 Å². The summed E-state index contributed by atoms with van der Waals surface area (Å²) in [5, 5.41) is 0.585. The van der Waals surface area contributed by atoms with Gasteiger partial charge in [-0.3, -0.25) is 4.79 Å². The molecular formula is C19H21Cl2NO4. The van der Waals surface area contributed by atoms with E-state index in [-0.39, 0.29) is 29.0 Å². The summed E-state index contributed by atoms with van der Waals surface area (Å²) in [5.74, 6) is -0.965. The molecule has 1 aromatic carbocycles. The second-order valence-electron chi connectivity index (χ2n) is 6.08. The Hall–Kier alpha value is -1.82. The van der Waals surface area contributed by atoms with E-state index in [4.69, 9.17) is 32.7 Å². The fourth-order valence-electron chi connectivity index (χ4n) is 2.99. The van der Waals surface area contributed by atoms with Crippen LogP contribution < -0.4 is 0 Å². The van der Waals surface area contributed by atoms with Gasteiger partial charge in [-0.25, -0.2) is 4.79 Å². The number of aromatic nitrogens is 1. The van der Waals surface area contributed by atoms with E-state index in [0.717, 1.165) is 11.4 Å². The monoisotopic (exact) mass is 397 g/mol. The maximum absolute atomic E-state index is 12.5. The number of ketones is 1. The molecule has 0 spiro atoms. The van der Waals surface area contributed by atoms with Gasteiger partial charge in [-0.2, -0.15) is 0 Å². The zero-order valence-corrected chi connectivity index (χ0v) is 16.6. The third-order valence-corrected chi connectivity index (χ3v) is 4.68. The van der Waals surface area contributed by atoms with Crippen molar-refractivity contribution in [1.82, 2.24) is 4.57 Å². The first kappa shape index (κ1) is 20.5. The third kappa shape index (κ3) is 4.47. The van der Waals surface area contributed by atoms with Crippen LogP contribution in [0.15, 0.2) is 24.3 Å². The first-order chi connectivity index (χ1) is 12.3. The molecule has 0 saturated heterocycles. The third-order valence-electron chi connectivity index (χ3n) is 4.12. The van der Waals surface area contributed by atoms with Crippen molar-refractivity contribution in [2.24, 2.45) is 0 Å². The number of Topliss-reactive ketones (excluding diaryl/α,β-unsaturated/α-hetero) is 1. The molecule has 26 heavy (non-hydrogen) atoms. The van der Waals surface area contributed by atoms with E-state index in [9.17, 15) is 9.59 Å². The van der Waals surface area contributed by atoms with E-state index in [1.165, 1.54) is 12.1 Å². The predicted molar refractivity (Wildman–Crippen MR) is 102 cm³/mol. The number of carbonyl (C=O) groups excluding carboxylic acids is 2. The Morgan fingerprint density at radius 1 is 1.15 bits per heavy atom. The van der Waals surface area contributed by atoms with Crippen molar-refractivity contribution >= 4 is 35.0 Å². The van der Waals surface area contributed by atoms with E-state index in [1.807, 2.05) is 25.3 Å². The Morgan fingerprint density at radius 2 is 1.85 bits per heavy atom. The highest BCUT2D eigenvalue weighted by Gasteiger charge is 2.21. The minimum atomic E-state index is -0.688. The lowest BCUT2D eigenvalue weighted by molar-refractivity contribution is 0.0474. The number of rotatable bonds is 7. The second-order valence-corrected chi connectivity index (χ2v) is 6.93. The molecule has 0 saturated carbocycles. The molecule has 0 bridgehead atoms. The molecule has 140 valence electrons. The van der Waals surface area contributed by atoms with Crippen molar-refractivity contribution in [2.75, 3.05) is 20.3 Å². The van der Waals surface area contributed by atoms with Gasteiger partial charge in [0.15, 0.2) is 6.61 Å². The van der Waals surface area contributed by atoms with Gasteiger partial charge in [-0.1, -0.05) is 23.2 Å². The van der Waals surface area contributed by atoms with E-state index in [0.29, 0.717) is 17.2 Å². The van der Waals surface area contributed by atoms with Crippen molar-refractivity contribution in [2.45, 2.75) is 26.8 Å². The van der Waals surface area contributed by atoms with Gasteiger partial charge < -0.3 is 14.0 Å². The van der Waals surface area contributed by atoms with Crippen LogP contribution in [0.3, 0.4) is 0 Å². The minimum Gasteiger partial charge on any atom is -0.454 e. The van der Waals surface area contributed by atoms with Gasteiger partial charge in [0, 0.05) is 29.1 Å². The Balaban J connectivity index is 2.12. The summed E-state index contributed by atoms with van der Waals surface area (Å²) in [5.41, 5.74) is 2.41. The van der Waals surface area contributed by atoms with E-state index >= 15 is 0 Å². The SMILES string of the molecule is COC[C@@H](C)n1c(C)cc(C(=O)COC(=O)c2cc(Cl)ccc2Cl)c1C. The van der Waals surface area contributed by atoms with E-state index < -0.39 is 5.97 Å². The number of esters is 1. The van der Waals surface area contributed by atoms with Gasteiger partial charge in [0.25, 0.3) is 0 Å². The lowest BCUT2D eigenvalue weighted by Gasteiger charge is -2.17. The van der Waals surface area contributed by atoms with Crippen LogP contribution in [0.25, 0.3) is 0 Å². The predicted octanol–water partition coefficient (Wildman–Crippen LogP) is 4.66. The highest BCUT2D eigenvalue weighted by atomic mass is 35.5. The van der Waals surface area contributed by atoms with Crippen molar-refractivity contribution in [3.8, 4) is 0 Å². The molecule has 2 aromatic rings. The normalized spacial score (nSPS) is 12.1. The molecule has 0 aliphatic carbocycles. The number of halogens is 2. The maximum atomic E-state index is 12.5. The molecule has 1 aromatic heterocycles. The van der Waals surface area contributed by atoms with Gasteiger partial charge >= 0.3 is 5.97 Å². The minimum absolute atomic E-state index is 0.0920. The summed E-state index contributed by atoms with van der Waals surface area (Å²) < 4.78 is 12.3. The number of hydrogen-bond donors (Lipinski definition) is 0. The van der Waals surface area contributed by atoms with Crippen molar-refractivity contribution in [1.29, 1.82) is 0 Å². The highest BCUT2D eigenvalue weighted by molar-refractivity contribution is 6.35. The quantitative estimate of drug-likeness (QED) is 0.503. The Morgan fingerprint density at radius 3 is 2.50 bits per heavy atom. The van der Waals surface area contributed by atoms with Gasteiger partial charge in [-0.05, 0) is 45.0 Å². The largest absolute Gasteiger partial charge is 0.454 e. The van der Waals surface area contributed by atoms with Crippen LogP contribution in [-0.4, -0.2) is 36.6 Å². The second kappa shape index (κ2) is 8.71. The summed E-state index contributed by atoms with van der Waals surface area (Å²) in [4.78, 5) is 24.7. The van der Waals surface area contributed by atoms with Crippen LogP contribution in [0.5, 0.6) is 0 Å². The first-order valence-corrected chi connectivity index (χ1v) is 8.84. The molecule has 0 fully saturated rings. The van der Waals surface area contributed by atoms with Gasteiger partial charge in [0.2, 0.25) is 5.78 Å². The van der Waals surface area contributed by atoms with Gasteiger partial charge in [0.05, 0.1) is 23.2 Å². The summed E-state index contributed by atoms with van der Waals surface area (Å²) in [6.07, 6.45) is 0.